The van der Waals surface area contributed by atoms with Gasteiger partial charge in [0.15, 0.2) is 0 Å². The maximum atomic E-state index is 3.80. The van der Waals surface area contributed by atoms with Crippen LogP contribution in [0.25, 0.3) is 23.3 Å². The van der Waals surface area contributed by atoms with Crippen molar-refractivity contribution in [2.45, 2.75) is 27.2 Å². The van der Waals surface area contributed by atoms with E-state index < -0.39 is 0 Å². The van der Waals surface area contributed by atoms with Crippen molar-refractivity contribution in [3.63, 3.8) is 0 Å². The summed E-state index contributed by atoms with van der Waals surface area (Å²) in [5.41, 5.74) is 12.7. The van der Waals surface area contributed by atoms with Gasteiger partial charge in [0, 0.05) is 65.0 Å². The van der Waals surface area contributed by atoms with Crippen molar-refractivity contribution in [2.24, 2.45) is 5.41 Å². The van der Waals surface area contributed by atoms with E-state index in [-0.39, 0.29) is 5.41 Å². The Morgan fingerprint density at radius 3 is 1.77 bits per heavy atom. The van der Waals surface area contributed by atoms with Crippen LogP contribution in [-0.2, 0) is 0 Å². The summed E-state index contributed by atoms with van der Waals surface area (Å²) in [6, 6.07) is 30.7. The van der Waals surface area contributed by atoms with Crippen molar-refractivity contribution in [3.8, 4) is 0 Å². The molecule has 40 heavy (non-hydrogen) atoms. The van der Waals surface area contributed by atoms with Gasteiger partial charge in [-0.15, -0.1) is 0 Å². The Morgan fingerprint density at radius 2 is 1.18 bits per heavy atom. The number of aromatic nitrogens is 3. The number of aryl methyl sites for hydroxylation is 1. The smallest absolute Gasteiger partial charge is 0.0485 e. The summed E-state index contributed by atoms with van der Waals surface area (Å²) in [5, 5.41) is 5.87. The van der Waals surface area contributed by atoms with Gasteiger partial charge in [-0.25, -0.2) is 0 Å². The number of nitrogens with one attached hydrogen (secondary N) is 4. The summed E-state index contributed by atoms with van der Waals surface area (Å²) in [6.45, 7) is 6.74. The van der Waals surface area contributed by atoms with Gasteiger partial charge in [0.2, 0.25) is 0 Å². The molecule has 1 saturated heterocycles. The monoisotopic (exact) mass is 634 g/mol. The zero-order valence-electron chi connectivity index (χ0n) is 22.8. The van der Waals surface area contributed by atoms with Crippen LogP contribution in [0.15, 0.2) is 96.3 Å². The fraction of sp³-hybridized carbons (Fsp3) is 0.143. The average Bonchev–Trinajstić information content (AvgIpc) is 3.72. The Labute approximate surface area is 247 Å². The predicted molar refractivity (Wildman–Crippen MR) is 173 cm³/mol. The molecule has 0 amide bonds. The lowest BCUT2D eigenvalue weighted by Gasteiger charge is -2.17. The van der Waals surface area contributed by atoms with Gasteiger partial charge in [-0.3, -0.25) is 0 Å². The number of rotatable bonds is 2. The number of hydrogen-bond acceptors (Lipinski definition) is 1. The van der Waals surface area contributed by atoms with Crippen LogP contribution in [-0.4, -0.2) is 15.0 Å². The first-order valence-corrected chi connectivity index (χ1v) is 14.8. The van der Waals surface area contributed by atoms with Crippen molar-refractivity contribution >= 4 is 45.9 Å². The van der Waals surface area contributed by atoms with Crippen LogP contribution in [0.1, 0.15) is 59.7 Å². The number of hydrogen-bond donors (Lipinski definition) is 4. The predicted octanol–water partition coefficient (Wildman–Crippen LogP) is 6.79. The summed E-state index contributed by atoms with van der Waals surface area (Å²) in [5.74, 6) is 0. The van der Waals surface area contributed by atoms with E-state index in [1.165, 1.54) is 31.7 Å². The molecule has 0 aliphatic carbocycles. The van der Waals surface area contributed by atoms with Crippen molar-refractivity contribution in [1.29, 1.82) is 0 Å². The van der Waals surface area contributed by atoms with E-state index in [4.69, 9.17) is 0 Å². The highest BCUT2D eigenvalue weighted by Crippen LogP contribution is 2.40. The highest BCUT2D eigenvalue weighted by molar-refractivity contribution is 14.1. The van der Waals surface area contributed by atoms with Crippen molar-refractivity contribution in [1.82, 2.24) is 20.3 Å². The van der Waals surface area contributed by atoms with E-state index >= 15 is 0 Å². The minimum atomic E-state index is 0.0103. The Bertz CT molecular complexity index is 1920. The molecule has 4 nitrogen and oxygen atoms in total. The molecule has 5 aromatic rings. The molecule has 5 heteroatoms. The lowest BCUT2D eigenvalue weighted by molar-refractivity contribution is 0.481. The summed E-state index contributed by atoms with van der Waals surface area (Å²) >= 11 is 2.37. The van der Waals surface area contributed by atoms with E-state index in [1.54, 1.807) is 0 Å². The number of halogens is 1. The molecule has 0 unspecified atom stereocenters. The molecule has 1 fully saturated rings. The topological polar surface area (TPSA) is 59.4 Å². The van der Waals surface area contributed by atoms with Crippen molar-refractivity contribution in [3.05, 3.63) is 150 Å². The molecule has 4 N–H and O–H groups in total. The maximum Gasteiger partial charge on any atom is 0.0485 e. The molecule has 2 aliphatic heterocycles. The summed E-state index contributed by atoms with van der Waals surface area (Å²) in [4.78, 5) is 11.2. The van der Waals surface area contributed by atoms with Gasteiger partial charge in [0.25, 0.3) is 0 Å². The highest BCUT2D eigenvalue weighted by Gasteiger charge is 2.32. The van der Waals surface area contributed by atoms with Gasteiger partial charge < -0.3 is 20.3 Å². The van der Waals surface area contributed by atoms with Crippen LogP contribution in [0.5, 0.6) is 0 Å². The lowest BCUT2D eigenvalue weighted by Crippen LogP contribution is -2.17. The maximum absolute atomic E-state index is 3.80. The van der Waals surface area contributed by atoms with Crippen molar-refractivity contribution < 1.29 is 0 Å². The molecule has 0 spiro atoms. The highest BCUT2D eigenvalue weighted by atomic mass is 127. The minimum Gasteiger partial charge on any atom is -0.362 e. The molecule has 198 valence electrons. The van der Waals surface area contributed by atoms with E-state index in [0.717, 1.165) is 51.0 Å². The zero-order chi connectivity index (χ0) is 27.4. The Hall–Kier alpha value is -3.97. The molecule has 2 aliphatic rings. The molecular formula is C35H31IN4. The van der Waals surface area contributed by atoms with Crippen molar-refractivity contribution in [2.75, 3.05) is 0 Å². The third-order valence-electron chi connectivity index (χ3n) is 7.94. The fourth-order valence-corrected chi connectivity index (χ4v) is 6.20. The SMILES string of the molecule is Cc1ccc(C2=c3ccc([nH]3)=C(c3ccc(I)cc3)c3ccc([nH]3)C=C3CC(C)(C)C(=Cc4ccc2[nH]4)N3)cc1. The zero-order valence-corrected chi connectivity index (χ0v) is 25.0. The van der Waals surface area contributed by atoms with Crippen LogP contribution in [0.4, 0.5) is 0 Å². The molecule has 0 radical (unpaired) electrons. The second-order valence-electron chi connectivity index (χ2n) is 11.5. The first-order chi connectivity index (χ1) is 19.3. The average molecular weight is 635 g/mol. The van der Waals surface area contributed by atoms with Crippen LogP contribution >= 0.6 is 22.6 Å². The molecule has 3 aromatic heterocycles. The Balaban J connectivity index is 1.56. The van der Waals surface area contributed by atoms with Gasteiger partial charge >= 0.3 is 0 Å². The largest absolute Gasteiger partial charge is 0.362 e. The third kappa shape index (κ3) is 4.58. The molecule has 2 aromatic carbocycles. The summed E-state index contributed by atoms with van der Waals surface area (Å²) < 4.78 is 1.22. The number of allylic oxidation sites excluding steroid dienone is 2. The van der Waals surface area contributed by atoms with E-state index in [2.05, 4.69) is 161 Å². The van der Waals surface area contributed by atoms with Gasteiger partial charge in [0.1, 0.15) is 0 Å². The van der Waals surface area contributed by atoms with Gasteiger partial charge in [0.05, 0.1) is 0 Å². The summed E-state index contributed by atoms with van der Waals surface area (Å²) in [7, 11) is 0. The number of H-pyrrole nitrogens is 3. The molecule has 5 heterocycles. The summed E-state index contributed by atoms with van der Waals surface area (Å²) in [6.07, 6.45) is 5.45. The quantitative estimate of drug-likeness (QED) is 0.159. The minimum absolute atomic E-state index is 0.0103. The molecule has 0 atom stereocenters. The molecule has 7 rings (SSSR count). The number of benzene rings is 2. The number of fused-ring (bicyclic) bond motifs is 8. The second-order valence-corrected chi connectivity index (χ2v) is 12.7. The van der Waals surface area contributed by atoms with E-state index in [9.17, 15) is 0 Å². The Kier molecular flexibility index (Phi) is 6.00. The van der Waals surface area contributed by atoms with E-state index in [0.29, 0.717) is 0 Å². The normalized spacial score (nSPS) is 16.0. The number of aromatic amines is 3. The standard InChI is InChI=1S/C35H31IN4/c1-21-4-6-22(7-5-21)33-29-15-13-26(38-29)19-32-35(2,3)20-27(39-32)18-25-12-14-28(37-25)34(31-17-16-30(33)40-31)23-8-10-24(36)11-9-23/h4-19,37-40H,20H2,1-3H3. The molecule has 8 bridgehead atoms. The van der Waals surface area contributed by atoms with Crippen LogP contribution < -0.4 is 16.0 Å². The van der Waals surface area contributed by atoms with Gasteiger partial charge in [-0.1, -0.05) is 55.8 Å². The Morgan fingerprint density at radius 1 is 0.625 bits per heavy atom. The van der Waals surface area contributed by atoms with Crippen LogP contribution in [0.3, 0.4) is 0 Å². The second kappa shape index (κ2) is 9.59. The van der Waals surface area contributed by atoms with Gasteiger partial charge in [-0.05, 0) is 108 Å². The third-order valence-corrected chi connectivity index (χ3v) is 8.66. The first kappa shape index (κ1) is 25.0. The fourth-order valence-electron chi connectivity index (χ4n) is 5.84. The molecular weight excluding hydrogens is 603 g/mol. The van der Waals surface area contributed by atoms with Crippen LogP contribution in [0.2, 0.25) is 0 Å². The van der Waals surface area contributed by atoms with Crippen LogP contribution in [0, 0.1) is 15.9 Å². The first-order valence-electron chi connectivity index (χ1n) is 13.7. The molecule has 0 saturated carbocycles. The van der Waals surface area contributed by atoms with E-state index in [1.807, 2.05) is 0 Å². The van der Waals surface area contributed by atoms with Gasteiger partial charge in [-0.2, -0.15) is 0 Å². The lowest BCUT2D eigenvalue weighted by atomic mass is 9.88.